The Hall–Kier alpha value is -1.89. The van der Waals surface area contributed by atoms with Crippen LogP contribution in [0.2, 0.25) is 0 Å². The Morgan fingerprint density at radius 2 is 2.25 bits per heavy atom. The number of rotatable bonds is 4. The van der Waals surface area contributed by atoms with Crippen LogP contribution in [0.5, 0.6) is 5.88 Å². The zero-order valence-corrected chi connectivity index (χ0v) is 11.8. The molecule has 1 fully saturated rings. The summed E-state index contributed by atoms with van der Waals surface area (Å²) >= 11 is 0. The number of oxime groups is 1. The van der Waals surface area contributed by atoms with Gasteiger partial charge in [0, 0.05) is 6.61 Å². The zero-order valence-electron chi connectivity index (χ0n) is 11.8. The maximum atomic E-state index is 8.88. The number of amidine groups is 1. The minimum Gasteiger partial charge on any atom is -0.473 e. The highest BCUT2D eigenvalue weighted by molar-refractivity contribution is 6.00. The first-order chi connectivity index (χ1) is 9.63. The second-order valence-electron chi connectivity index (χ2n) is 4.88. The van der Waals surface area contributed by atoms with Crippen molar-refractivity contribution in [3.8, 4) is 5.88 Å². The zero-order chi connectivity index (χ0) is 14.5. The van der Waals surface area contributed by atoms with Crippen molar-refractivity contribution in [3.63, 3.8) is 0 Å². The summed E-state index contributed by atoms with van der Waals surface area (Å²) in [5.41, 5.74) is 7.68. The highest BCUT2D eigenvalue weighted by Gasteiger charge is 2.19. The predicted molar refractivity (Wildman–Crippen MR) is 73.1 cm³/mol. The van der Waals surface area contributed by atoms with E-state index in [0.29, 0.717) is 17.9 Å². The number of nitrogens with two attached hydrogens (primary N) is 1. The monoisotopic (exact) mass is 280 g/mol. The third-order valence-corrected chi connectivity index (χ3v) is 3.47. The number of aryl methyl sites for hydroxylation is 1. The number of ether oxygens (including phenoxy) is 2. The minimum absolute atomic E-state index is 0.0277. The second kappa shape index (κ2) is 6.51. The summed E-state index contributed by atoms with van der Waals surface area (Å²) in [6.07, 6.45) is 3.26. The van der Waals surface area contributed by atoms with Crippen molar-refractivity contribution >= 4 is 5.84 Å². The molecule has 0 bridgehead atoms. The fraction of sp³-hybridized carbons (Fsp3) is 0.615. The SMILES string of the molecule is Cc1nnc(OCC2CCCCO2)c(/C(N)=N/O)c1C. The lowest BCUT2D eigenvalue weighted by molar-refractivity contribution is -0.0121. The molecule has 1 aromatic rings. The van der Waals surface area contributed by atoms with E-state index in [1.54, 1.807) is 0 Å². The van der Waals surface area contributed by atoms with E-state index in [9.17, 15) is 0 Å². The van der Waals surface area contributed by atoms with Gasteiger partial charge in [0.2, 0.25) is 5.88 Å². The van der Waals surface area contributed by atoms with E-state index in [0.717, 1.165) is 31.4 Å². The quantitative estimate of drug-likeness (QED) is 0.371. The average Bonchev–Trinajstić information content (AvgIpc) is 2.48. The average molecular weight is 280 g/mol. The molecule has 1 aliphatic heterocycles. The molecule has 20 heavy (non-hydrogen) atoms. The molecule has 2 heterocycles. The van der Waals surface area contributed by atoms with Crippen LogP contribution < -0.4 is 10.5 Å². The molecule has 2 rings (SSSR count). The molecule has 1 atom stereocenters. The Labute approximate surface area is 117 Å². The Morgan fingerprint density at radius 3 is 2.90 bits per heavy atom. The predicted octanol–water partition coefficient (Wildman–Crippen LogP) is 1.14. The van der Waals surface area contributed by atoms with Crippen molar-refractivity contribution in [2.24, 2.45) is 10.9 Å². The van der Waals surface area contributed by atoms with Gasteiger partial charge in [0.15, 0.2) is 5.84 Å². The van der Waals surface area contributed by atoms with E-state index in [-0.39, 0.29) is 17.8 Å². The van der Waals surface area contributed by atoms with Crippen LogP contribution in [0.4, 0.5) is 0 Å². The maximum absolute atomic E-state index is 8.88. The van der Waals surface area contributed by atoms with Gasteiger partial charge in [0.05, 0.1) is 17.4 Å². The Balaban J connectivity index is 2.16. The molecular weight excluding hydrogens is 260 g/mol. The fourth-order valence-corrected chi connectivity index (χ4v) is 2.15. The molecule has 0 aliphatic carbocycles. The Bertz CT molecular complexity index is 499. The van der Waals surface area contributed by atoms with Crippen LogP contribution >= 0.6 is 0 Å². The van der Waals surface area contributed by atoms with E-state index in [4.69, 9.17) is 20.4 Å². The van der Waals surface area contributed by atoms with Crippen molar-refractivity contribution in [1.29, 1.82) is 0 Å². The van der Waals surface area contributed by atoms with Gasteiger partial charge in [-0.2, -0.15) is 5.10 Å². The first-order valence-electron chi connectivity index (χ1n) is 6.69. The Kier molecular flexibility index (Phi) is 4.73. The van der Waals surface area contributed by atoms with Crippen LogP contribution in [0.25, 0.3) is 0 Å². The number of aromatic nitrogens is 2. The van der Waals surface area contributed by atoms with Gasteiger partial charge in [-0.25, -0.2) is 0 Å². The van der Waals surface area contributed by atoms with E-state index < -0.39 is 0 Å². The molecule has 1 aromatic heterocycles. The lowest BCUT2D eigenvalue weighted by atomic mass is 10.1. The minimum atomic E-state index is -0.0277. The standard InChI is InChI=1S/C13H20N4O3/c1-8-9(2)15-16-13(11(8)12(14)17-18)20-7-10-5-3-4-6-19-10/h10,18H,3-7H2,1-2H3,(H2,14,17). The van der Waals surface area contributed by atoms with Crippen molar-refractivity contribution < 1.29 is 14.7 Å². The van der Waals surface area contributed by atoms with Gasteiger partial charge >= 0.3 is 0 Å². The molecular formula is C13H20N4O3. The van der Waals surface area contributed by atoms with Gasteiger partial charge in [-0.3, -0.25) is 0 Å². The molecule has 1 aliphatic rings. The normalized spacial score (nSPS) is 19.9. The first kappa shape index (κ1) is 14.5. The second-order valence-corrected chi connectivity index (χ2v) is 4.88. The lowest BCUT2D eigenvalue weighted by Gasteiger charge is -2.23. The Morgan fingerprint density at radius 1 is 1.45 bits per heavy atom. The molecule has 1 saturated heterocycles. The fourth-order valence-electron chi connectivity index (χ4n) is 2.15. The van der Waals surface area contributed by atoms with Gasteiger partial charge in [-0.15, -0.1) is 5.10 Å². The lowest BCUT2D eigenvalue weighted by Crippen LogP contribution is -2.27. The maximum Gasteiger partial charge on any atom is 0.245 e. The third kappa shape index (κ3) is 3.16. The summed E-state index contributed by atoms with van der Waals surface area (Å²) in [5, 5.41) is 19.9. The van der Waals surface area contributed by atoms with Crippen LogP contribution in [0, 0.1) is 13.8 Å². The smallest absolute Gasteiger partial charge is 0.245 e. The van der Waals surface area contributed by atoms with Gasteiger partial charge in [0.25, 0.3) is 0 Å². The van der Waals surface area contributed by atoms with Crippen LogP contribution in [-0.4, -0.2) is 40.6 Å². The van der Waals surface area contributed by atoms with Crippen molar-refractivity contribution in [2.75, 3.05) is 13.2 Å². The topological polar surface area (TPSA) is 103 Å². The van der Waals surface area contributed by atoms with E-state index in [1.807, 2.05) is 13.8 Å². The molecule has 0 saturated carbocycles. The van der Waals surface area contributed by atoms with Crippen molar-refractivity contribution in [2.45, 2.75) is 39.2 Å². The molecule has 3 N–H and O–H groups in total. The van der Waals surface area contributed by atoms with Crippen LogP contribution in [0.15, 0.2) is 5.16 Å². The van der Waals surface area contributed by atoms with Crippen molar-refractivity contribution in [1.82, 2.24) is 10.2 Å². The number of hydrogen-bond donors (Lipinski definition) is 2. The first-order valence-corrected chi connectivity index (χ1v) is 6.69. The third-order valence-electron chi connectivity index (χ3n) is 3.47. The summed E-state index contributed by atoms with van der Waals surface area (Å²) < 4.78 is 11.3. The summed E-state index contributed by atoms with van der Waals surface area (Å²) in [7, 11) is 0. The van der Waals surface area contributed by atoms with E-state index in [2.05, 4.69) is 15.4 Å². The summed E-state index contributed by atoms with van der Waals surface area (Å²) in [4.78, 5) is 0. The van der Waals surface area contributed by atoms with Crippen LogP contribution in [0.1, 0.15) is 36.1 Å². The van der Waals surface area contributed by atoms with E-state index >= 15 is 0 Å². The summed E-state index contributed by atoms with van der Waals surface area (Å²) in [6, 6.07) is 0. The number of nitrogens with zero attached hydrogens (tertiary/aromatic N) is 3. The molecule has 1 unspecified atom stereocenters. The van der Waals surface area contributed by atoms with Gasteiger partial charge in [-0.05, 0) is 38.7 Å². The van der Waals surface area contributed by atoms with Gasteiger partial charge in [-0.1, -0.05) is 5.16 Å². The highest BCUT2D eigenvalue weighted by Crippen LogP contribution is 2.21. The van der Waals surface area contributed by atoms with Gasteiger partial charge < -0.3 is 20.4 Å². The van der Waals surface area contributed by atoms with E-state index in [1.165, 1.54) is 0 Å². The van der Waals surface area contributed by atoms with Gasteiger partial charge in [0.1, 0.15) is 6.61 Å². The van der Waals surface area contributed by atoms with Crippen molar-refractivity contribution in [3.05, 3.63) is 16.8 Å². The summed E-state index contributed by atoms with van der Waals surface area (Å²) in [5.74, 6) is 0.248. The molecule has 110 valence electrons. The molecule has 0 spiro atoms. The molecule has 0 aromatic carbocycles. The van der Waals surface area contributed by atoms with Crippen LogP contribution in [-0.2, 0) is 4.74 Å². The molecule has 7 heteroatoms. The largest absolute Gasteiger partial charge is 0.473 e. The molecule has 0 amide bonds. The molecule has 7 nitrogen and oxygen atoms in total. The molecule has 0 radical (unpaired) electrons. The van der Waals surface area contributed by atoms with Crippen LogP contribution in [0.3, 0.4) is 0 Å². The number of hydrogen-bond acceptors (Lipinski definition) is 6. The highest BCUT2D eigenvalue weighted by atomic mass is 16.5. The summed E-state index contributed by atoms with van der Waals surface area (Å²) in [6.45, 7) is 4.80.